The fourth-order valence-corrected chi connectivity index (χ4v) is 4.85. The van der Waals surface area contributed by atoms with Gasteiger partial charge >= 0.3 is 0 Å². The van der Waals surface area contributed by atoms with Crippen LogP contribution in [0.5, 0.6) is 0 Å². The van der Waals surface area contributed by atoms with Crippen LogP contribution in [0.3, 0.4) is 0 Å². The van der Waals surface area contributed by atoms with Crippen molar-refractivity contribution in [2.75, 3.05) is 37.5 Å². The molecule has 1 heterocycles. The summed E-state index contributed by atoms with van der Waals surface area (Å²) in [5, 5.41) is 3.10. The first kappa shape index (κ1) is 21.6. The third-order valence-electron chi connectivity index (χ3n) is 5.10. The number of sulfonamides is 1. The molecule has 1 aliphatic heterocycles. The number of carbonyl (C=O) groups is 1. The van der Waals surface area contributed by atoms with Crippen molar-refractivity contribution in [1.29, 1.82) is 0 Å². The number of likely N-dealkylation sites (tertiary alicyclic amines) is 1. The summed E-state index contributed by atoms with van der Waals surface area (Å²) < 4.78 is 26.7. The lowest BCUT2D eigenvalue weighted by Crippen LogP contribution is -2.29. The van der Waals surface area contributed by atoms with E-state index in [2.05, 4.69) is 10.2 Å². The molecule has 0 atom stereocenters. The first-order valence-corrected chi connectivity index (χ1v) is 11.6. The van der Waals surface area contributed by atoms with Gasteiger partial charge in [0.05, 0.1) is 21.2 Å². The topological polar surface area (TPSA) is 69.7 Å². The van der Waals surface area contributed by atoms with Crippen LogP contribution < -0.4 is 9.62 Å². The largest absolute Gasteiger partial charge is 0.352 e. The van der Waals surface area contributed by atoms with Crippen LogP contribution in [0.1, 0.15) is 29.6 Å². The van der Waals surface area contributed by atoms with Gasteiger partial charge in [-0.05, 0) is 69.2 Å². The van der Waals surface area contributed by atoms with Gasteiger partial charge in [0, 0.05) is 13.6 Å². The molecule has 6 nitrogen and oxygen atoms in total. The molecule has 2 aromatic carbocycles. The number of benzene rings is 2. The van der Waals surface area contributed by atoms with E-state index in [0.29, 0.717) is 17.8 Å². The first-order chi connectivity index (χ1) is 13.9. The van der Waals surface area contributed by atoms with E-state index in [1.165, 1.54) is 38.1 Å². The maximum Gasteiger partial charge on any atom is 0.264 e. The highest BCUT2D eigenvalue weighted by atomic mass is 35.5. The van der Waals surface area contributed by atoms with Crippen LogP contribution in [0.2, 0.25) is 5.02 Å². The summed E-state index contributed by atoms with van der Waals surface area (Å²) in [6.07, 6.45) is 3.39. The van der Waals surface area contributed by atoms with Gasteiger partial charge in [0.15, 0.2) is 0 Å². The Morgan fingerprint density at radius 2 is 1.83 bits per heavy atom. The first-order valence-electron chi connectivity index (χ1n) is 9.73. The van der Waals surface area contributed by atoms with E-state index in [1.807, 2.05) is 0 Å². The lowest BCUT2D eigenvalue weighted by atomic mass is 10.2. The molecule has 0 bridgehead atoms. The summed E-state index contributed by atoms with van der Waals surface area (Å²) in [6.45, 7) is 3.84. The number of carbonyl (C=O) groups excluding carboxylic acids is 1. The number of anilines is 1. The van der Waals surface area contributed by atoms with Crippen molar-refractivity contribution in [3.05, 3.63) is 59.1 Å². The van der Waals surface area contributed by atoms with Crippen molar-refractivity contribution < 1.29 is 13.2 Å². The zero-order valence-corrected chi connectivity index (χ0v) is 18.0. The van der Waals surface area contributed by atoms with Crippen molar-refractivity contribution in [2.24, 2.45) is 0 Å². The number of hydrogen-bond acceptors (Lipinski definition) is 4. The average molecular weight is 436 g/mol. The van der Waals surface area contributed by atoms with Crippen LogP contribution in [0.15, 0.2) is 53.4 Å². The van der Waals surface area contributed by atoms with Crippen molar-refractivity contribution in [3.8, 4) is 0 Å². The van der Waals surface area contributed by atoms with Crippen molar-refractivity contribution in [1.82, 2.24) is 10.2 Å². The lowest BCUT2D eigenvalue weighted by molar-refractivity contribution is 0.0952. The van der Waals surface area contributed by atoms with Crippen LogP contribution in [0, 0.1) is 0 Å². The summed E-state index contributed by atoms with van der Waals surface area (Å²) in [6, 6.07) is 12.8. The molecule has 0 aromatic heterocycles. The van der Waals surface area contributed by atoms with Gasteiger partial charge in [0.2, 0.25) is 0 Å². The normalized spacial score (nSPS) is 14.7. The minimum Gasteiger partial charge on any atom is -0.352 e. The summed E-state index contributed by atoms with van der Waals surface area (Å²) in [7, 11) is -2.23. The third kappa shape index (κ3) is 5.29. The Kier molecular flexibility index (Phi) is 7.16. The van der Waals surface area contributed by atoms with Gasteiger partial charge < -0.3 is 10.2 Å². The molecule has 1 saturated heterocycles. The second-order valence-corrected chi connectivity index (χ2v) is 9.48. The molecule has 1 aliphatic rings. The second-order valence-electron chi connectivity index (χ2n) is 7.11. The van der Waals surface area contributed by atoms with Crippen molar-refractivity contribution in [3.63, 3.8) is 0 Å². The fourth-order valence-electron chi connectivity index (χ4n) is 3.38. The molecule has 0 saturated carbocycles. The van der Waals surface area contributed by atoms with Crippen LogP contribution in [-0.4, -0.2) is 52.5 Å². The van der Waals surface area contributed by atoms with Crippen molar-refractivity contribution >= 4 is 33.2 Å². The fraction of sp³-hybridized carbons (Fsp3) is 0.381. The highest BCUT2D eigenvalue weighted by Gasteiger charge is 2.22. The molecule has 8 heteroatoms. The quantitative estimate of drug-likeness (QED) is 0.645. The highest BCUT2D eigenvalue weighted by molar-refractivity contribution is 7.92. The smallest absolute Gasteiger partial charge is 0.264 e. The van der Waals surface area contributed by atoms with E-state index in [0.717, 1.165) is 30.4 Å². The number of rotatable bonds is 8. The Morgan fingerprint density at radius 3 is 2.48 bits per heavy atom. The maximum absolute atomic E-state index is 12.7. The molecular formula is C21H26ClN3O3S. The molecule has 1 N–H and O–H groups in total. The van der Waals surface area contributed by atoms with Gasteiger partial charge in [0.25, 0.3) is 15.9 Å². The van der Waals surface area contributed by atoms with Crippen LogP contribution in [0.25, 0.3) is 0 Å². The molecule has 1 fully saturated rings. The summed E-state index contributed by atoms with van der Waals surface area (Å²) in [5.41, 5.74) is 0.728. The predicted octanol–water partition coefficient (Wildman–Crippen LogP) is 3.38. The molecule has 3 rings (SSSR count). The number of halogens is 1. The van der Waals surface area contributed by atoms with E-state index >= 15 is 0 Å². The van der Waals surface area contributed by atoms with E-state index in [1.54, 1.807) is 30.3 Å². The van der Waals surface area contributed by atoms with E-state index in [4.69, 9.17) is 11.6 Å². The zero-order valence-electron chi connectivity index (χ0n) is 16.5. The maximum atomic E-state index is 12.7. The van der Waals surface area contributed by atoms with Crippen LogP contribution >= 0.6 is 11.6 Å². The third-order valence-corrected chi connectivity index (χ3v) is 7.21. The number of amides is 1. The molecule has 0 aliphatic carbocycles. The van der Waals surface area contributed by atoms with E-state index in [-0.39, 0.29) is 15.8 Å². The van der Waals surface area contributed by atoms with Gasteiger partial charge in [-0.1, -0.05) is 29.8 Å². The molecule has 1 amide bonds. The Balaban J connectivity index is 1.62. The van der Waals surface area contributed by atoms with Gasteiger partial charge in [0.1, 0.15) is 0 Å². The molecule has 0 unspecified atom stereocenters. The Bertz CT molecular complexity index is 945. The van der Waals surface area contributed by atoms with Gasteiger partial charge in [-0.25, -0.2) is 8.42 Å². The summed E-state index contributed by atoms with van der Waals surface area (Å²) in [4.78, 5) is 15.0. The number of nitrogens with zero attached hydrogens (tertiary/aromatic N) is 2. The second kappa shape index (κ2) is 9.61. The van der Waals surface area contributed by atoms with Gasteiger partial charge in [-0.15, -0.1) is 0 Å². The number of nitrogens with one attached hydrogen (secondary N) is 1. The molecular weight excluding hydrogens is 410 g/mol. The average Bonchev–Trinajstić information content (AvgIpc) is 3.24. The molecule has 2 aromatic rings. The Labute approximate surface area is 177 Å². The summed E-state index contributed by atoms with van der Waals surface area (Å²) >= 11 is 6.29. The predicted molar refractivity (Wildman–Crippen MR) is 116 cm³/mol. The standard InChI is InChI=1S/C21H26ClN3O3S/c1-24(29(27,28)18-8-3-2-4-9-18)17-10-11-19(20(22)16-17)21(26)23-12-7-15-25-13-5-6-14-25/h2-4,8-11,16H,5-7,12-15H2,1H3,(H,23,26). The van der Waals surface area contributed by atoms with Crippen molar-refractivity contribution in [2.45, 2.75) is 24.2 Å². The highest BCUT2D eigenvalue weighted by Crippen LogP contribution is 2.27. The van der Waals surface area contributed by atoms with E-state index < -0.39 is 10.0 Å². The Hall–Kier alpha value is -2.09. The minimum absolute atomic E-state index is 0.193. The monoisotopic (exact) mass is 435 g/mol. The number of hydrogen-bond donors (Lipinski definition) is 1. The molecule has 29 heavy (non-hydrogen) atoms. The van der Waals surface area contributed by atoms with Crippen LogP contribution in [0.4, 0.5) is 5.69 Å². The summed E-state index contributed by atoms with van der Waals surface area (Å²) in [5.74, 6) is -0.253. The molecule has 0 radical (unpaired) electrons. The zero-order chi connectivity index (χ0) is 20.9. The molecule has 0 spiro atoms. The SMILES string of the molecule is CN(c1ccc(C(=O)NCCCN2CCCC2)c(Cl)c1)S(=O)(=O)c1ccccc1. The molecule has 156 valence electrons. The van der Waals surface area contributed by atoms with Gasteiger partial charge in [-0.3, -0.25) is 9.10 Å². The Morgan fingerprint density at radius 1 is 1.14 bits per heavy atom. The van der Waals surface area contributed by atoms with Gasteiger partial charge in [-0.2, -0.15) is 0 Å². The lowest BCUT2D eigenvalue weighted by Gasteiger charge is -2.20. The van der Waals surface area contributed by atoms with E-state index in [9.17, 15) is 13.2 Å². The minimum atomic E-state index is -3.70. The van der Waals surface area contributed by atoms with Crippen LogP contribution in [-0.2, 0) is 10.0 Å².